The van der Waals surface area contributed by atoms with Gasteiger partial charge in [-0.2, -0.15) is 0 Å². The summed E-state index contributed by atoms with van der Waals surface area (Å²) in [7, 11) is -4.14. The average Bonchev–Trinajstić information content (AvgIpc) is 2.93. The highest BCUT2D eigenvalue weighted by Gasteiger charge is 2.26. The van der Waals surface area contributed by atoms with Crippen LogP contribution in [0.1, 0.15) is 20.7 Å². The van der Waals surface area contributed by atoms with Crippen LogP contribution in [0.5, 0.6) is 0 Å². The number of pyridine rings is 2. The first-order valence-electron chi connectivity index (χ1n) is 11.5. The number of nitrogens with zero attached hydrogens (tertiary/aromatic N) is 4. The standard InChI is InChI=1S/C26H22FN5O4S/c27-21-17-20(26(34)32-15-13-31(14-16-32)25(33)19-8-11-28-12-9-19)6-7-22(21)30-37(35,36)23-5-1-3-18-4-2-10-29-24(18)23/h1-12,17,30H,13-16H2. The molecular formula is C26H22FN5O4S. The molecule has 1 aliphatic rings. The lowest BCUT2D eigenvalue weighted by atomic mass is 10.1. The summed E-state index contributed by atoms with van der Waals surface area (Å²) in [6.45, 7) is 1.26. The molecular weight excluding hydrogens is 497 g/mol. The molecule has 0 spiro atoms. The van der Waals surface area contributed by atoms with E-state index < -0.39 is 21.7 Å². The second kappa shape index (κ2) is 9.94. The molecule has 0 bridgehead atoms. The molecule has 4 aromatic rings. The summed E-state index contributed by atoms with van der Waals surface area (Å²) in [6, 6.07) is 15.0. The van der Waals surface area contributed by atoms with Crippen LogP contribution in [-0.4, -0.2) is 66.2 Å². The minimum absolute atomic E-state index is 0.0793. The molecule has 188 valence electrons. The van der Waals surface area contributed by atoms with E-state index in [-0.39, 0.29) is 27.6 Å². The van der Waals surface area contributed by atoms with Crippen molar-refractivity contribution < 1.29 is 22.4 Å². The predicted molar refractivity (Wildman–Crippen MR) is 135 cm³/mol. The van der Waals surface area contributed by atoms with Crippen molar-refractivity contribution in [2.45, 2.75) is 4.90 Å². The Morgan fingerprint density at radius 3 is 2.14 bits per heavy atom. The van der Waals surface area contributed by atoms with Gasteiger partial charge in [-0.25, -0.2) is 12.8 Å². The fraction of sp³-hybridized carbons (Fsp3) is 0.154. The maximum absolute atomic E-state index is 14.9. The van der Waals surface area contributed by atoms with Gasteiger partial charge < -0.3 is 9.80 Å². The van der Waals surface area contributed by atoms with E-state index in [1.54, 1.807) is 53.7 Å². The number of halogens is 1. The van der Waals surface area contributed by atoms with E-state index in [4.69, 9.17) is 0 Å². The van der Waals surface area contributed by atoms with Crippen LogP contribution >= 0.6 is 0 Å². The highest BCUT2D eigenvalue weighted by Crippen LogP contribution is 2.25. The van der Waals surface area contributed by atoms with E-state index in [2.05, 4.69) is 14.7 Å². The molecule has 2 aromatic heterocycles. The molecule has 1 N–H and O–H groups in total. The number of fused-ring (bicyclic) bond motifs is 1. The van der Waals surface area contributed by atoms with Crippen LogP contribution in [-0.2, 0) is 10.0 Å². The number of anilines is 1. The Bertz CT molecular complexity index is 1580. The van der Waals surface area contributed by atoms with Crippen molar-refractivity contribution >= 4 is 38.4 Å². The molecule has 0 radical (unpaired) electrons. The van der Waals surface area contributed by atoms with Crippen molar-refractivity contribution in [3.63, 3.8) is 0 Å². The third-order valence-corrected chi connectivity index (χ3v) is 7.52. The van der Waals surface area contributed by atoms with Gasteiger partial charge in [0.1, 0.15) is 10.7 Å². The second-order valence-electron chi connectivity index (χ2n) is 8.45. The summed E-state index contributed by atoms with van der Waals surface area (Å²) < 4.78 is 43.2. The molecule has 5 rings (SSSR count). The molecule has 9 nitrogen and oxygen atoms in total. The highest BCUT2D eigenvalue weighted by atomic mass is 32.2. The summed E-state index contributed by atoms with van der Waals surface area (Å²) >= 11 is 0. The number of piperazine rings is 1. The molecule has 2 amide bonds. The van der Waals surface area contributed by atoms with Gasteiger partial charge in [-0.1, -0.05) is 18.2 Å². The molecule has 0 saturated carbocycles. The molecule has 0 aliphatic carbocycles. The monoisotopic (exact) mass is 519 g/mol. The number of benzene rings is 2. The zero-order valence-corrected chi connectivity index (χ0v) is 20.4. The fourth-order valence-corrected chi connectivity index (χ4v) is 5.44. The number of carbonyl (C=O) groups excluding carboxylic acids is 2. The van der Waals surface area contributed by atoms with E-state index in [0.717, 1.165) is 6.07 Å². The number of nitrogens with one attached hydrogen (secondary N) is 1. The number of rotatable bonds is 5. The van der Waals surface area contributed by atoms with Crippen LogP contribution in [0.25, 0.3) is 10.9 Å². The van der Waals surface area contributed by atoms with Gasteiger partial charge in [0, 0.05) is 61.3 Å². The Labute approximate surface area is 212 Å². The maximum Gasteiger partial charge on any atom is 0.264 e. The van der Waals surface area contributed by atoms with Crippen LogP contribution in [0.15, 0.2) is 84.1 Å². The Kier molecular flexibility index (Phi) is 6.53. The van der Waals surface area contributed by atoms with Gasteiger partial charge in [0.05, 0.1) is 11.2 Å². The van der Waals surface area contributed by atoms with E-state index in [9.17, 15) is 22.4 Å². The number of sulfonamides is 1. The summed E-state index contributed by atoms with van der Waals surface area (Å²) in [4.78, 5) is 36.7. The van der Waals surface area contributed by atoms with Crippen LogP contribution < -0.4 is 4.72 Å². The van der Waals surface area contributed by atoms with Gasteiger partial charge in [-0.15, -0.1) is 0 Å². The summed E-state index contributed by atoms with van der Waals surface area (Å²) in [5.41, 5.74) is 0.596. The molecule has 37 heavy (non-hydrogen) atoms. The fourth-order valence-electron chi connectivity index (χ4n) is 4.20. The lowest BCUT2D eigenvalue weighted by Gasteiger charge is -2.34. The maximum atomic E-state index is 14.9. The summed E-state index contributed by atoms with van der Waals surface area (Å²) in [5.74, 6) is -1.42. The third-order valence-electron chi connectivity index (χ3n) is 6.13. The first kappa shape index (κ1) is 24.3. The van der Waals surface area contributed by atoms with Crippen molar-refractivity contribution in [2.24, 2.45) is 0 Å². The number of hydrogen-bond donors (Lipinski definition) is 1. The summed E-state index contributed by atoms with van der Waals surface area (Å²) in [5, 5.41) is 0.634. The Balaban J connectivity index is 1.27. The SMILES string of the molecule is O=C(c1ccncc1)N1CCN(C(=O)c2ccc(NS(=O)(=O)c3cccc4cccnc34)c(F)c2)CC1. The number of carbonyl (C=O) groups is 2. The zero-order valence-electron chi connectivity index (χ0n) is 19.5. The molecule has 1 aliphatic heterocycles. The van der Waals surface area contributed by atoms with Crippen LogP contribution in [0, 0.1) is 5.82 Å². The molecule has 11 heteroatoms. The van der Waals surface area contributed by atoms with Gasteiger partial charge in [-0.05, 0) is 42.5 Å². The van der Waals surface area contributed by atoms with E-state index in [1.165, 1.54) is 29.3 Å². The predicted octanol–water partition coefficient (Wildman–Crippen LogP) is 3.17. The molecule has 3 heterocycles. The Morgan fingerprint density at radius 1 is 0.811 bits per heavy atom. The van der Waals surface area contributed by atoms with Crippen molar-refractivity contribution in [2.75, 3.05) is 30.9 Å². The third kappa shape index (κ3) is 4.98. The first-order valence-corrected chi connectivity index (χ1v) is 13.0. The second-order valence-corrected chi connectivity index (χ2v) is 10.1. The number of aromatic nitrogens is 2. The normalized spacial score (nSPS) is 14.0. The number of hydrogen-bond acceptors (Lipinski definition) is 6. The molecule has 2 aromatic carbocycles. The average molecular weight is 520 g/mol. The van der Waals surface area contributed by atoms with Gasteiger partial charge in [0.15, 0.2) is 0 Å². The van der Waals surface area contributed by atoms with Crippen molar-refractivity contribution in [3.8, 4) is 0 Å². The number of para-hydroxylation sites is 1. The van der Waals surface area contributed by atoms with E-state index >= 15 is 0 Å². The Hall–Kier alpha value is -4.38. The quantitative estimate of drug-likeness (QED) is 0.434. The minimum atomic E-state index is -4.14. The van der Waals surface area contributed by atoms with Crippen molar-refractivity contribution in [3.05, 3.63) is 96.2 Å². The smallest absolute Gasteiger partial charge is 0.264 e. The minimum Gasteiger partial charge on any atom is -0.335 e. The van der Waals surface area contributed by atoms with E-state index in [1.807, 2.05) is 0 Å². The van der Waals surface area contributed by atoms with Gasteiger partial charge in [0.2, 0.25) is 0 Å². The van der Waals surface area contributed by atoms with Gasteiger partial charge >= 0.3 is 0 Å². The molecule has 1 fully saturated rings. The van der Waals surface area contributed by atoms with Crippen LogP contribution in [0.4, 0.5) is 10.1 Å². The Morgan fingerprint density at radius 2 is 1.46 bits per heavy atom. The topological polar surface area (TPSA) is 113 Å². The van der Waals surface area contributed by atoms with Gasteiger partial charge in [0.25, 0.3) is 21.8 Å². The highest BCUT2D eigenvalue weighted by molar-refractivity contribution is 7.93. The first-order chi connectivity index (χ1) is 17.8. The van der Waals surface area contributed by atoms with Crippen LogP contribution in [0.3, 0.4) is 0 Å². The lowest BCUT2D eigenvalue weighted by Crippen LogP contribution is -2.50. The molecule has 1 saturated heterocycles. The number of amides is 2. The lowest BCUT2D eigenvalue weighted by molar-refractivity contribution is 0.0535. The van der Waals surface area contributed by atoms with Crippen molar-refractivity contribution in [1.29, 1.82) is 0 Å². The summed E-state index contributed by atoms with van der Waals surface area (Å²) in [6.07, 6.45) is 4.58. The van der Waals surface area contributed by atoms with Crippen molar-refractivity contribution in [1.82, 2.24) is 19.8 Å². The zero-order chi connectivity index (χ0) is 26.0. The molecule has 0 unspecified atom stereocenters. The van der Waals surface area contributed by atoms with Crippen LogP contribution in [0.2, 0.25) is 0 Å². The molecule has 0 atom stereocenters. The van der Waals surface area contributed by atoms with Gasteiger partial charge in [-0.3, -0.25) is 24.3 Å². The van der Waals surface area contributed by atoms with E-state index in [0.29, 0.717) is 37.1 Å². The largest absolute Gasteiger partial charge is 0.335 e.